The van der Waals surface area contributed by atoms with Gasteiger partial charge in [0.05, 0.1) is 19.6 Å². The topological polar surface area (TPSA) is 79.0 Å². The number of pyridine rings is 3. The predicted molar refractivity (Wildman–Crippen MR) is 127 cm³/mol. The molecule has 0 atom stereocenters. The molecule has 0 saturated carbocycles. The number of hydrogen-bond acceptors (Lipinski definition) is 7. The molecule has 7 heteroatoms. The van der Waals surface area contributed by atoms with Crippen molar-refractivity contribution < 1.29 is 0 Å². The van der Waals surface area contributed by atoms with E-state index in [0.29, 0.717) is 19.6 Å². The summed E-state index contributed by atoms with van der Waals surface area (Å²) >= 11 is 0. The quantitative estimate of drug-likeness (QED) is 0.428. The second kappa shape index (κ2) is 13.6. The highest BCUT2D eigenvalue weighted by molar-refractivity contribution is 5.79. The van der Waals surface area contributed by atoms with Crippen LogP contribution in [0, 0.1) is 0 Å². The molecule has 3 rings (SSSR count). The summed E-state index contributed by atoms with van der Waals surface area (Å²) in [4.78, 5) is 28.3. The van der Waals surface area contributed by atoms with Crippen LogP contribution in [0.4, 0.5) is 0 Å². The van der Waals surface area contributed by atoms with Gasteiger partial charge in [0, 0.05) is 92.1 Å². The number of rotatable bonds is 12. The molecule has 3 aromatic heterocycles. The molecule has 7 nitrogen and oxygen atoms in total. The van der Waals surface area contributed by atoms with Crippen LogP contribution >= 0.6 is 0 Å². The van der Waals surface area contributed by atoms with Crippen LogP contribution in [0.25, 0.3) is 0 Å². The molecule has 3 aromatic rings. The minimum Gasteiger partial charge on any atom is -0.298 e. The average molecular weight is 414 g/mol. The molecular formula is C24H27N7. The average Bonchev–Trinajstić information content (AvgIpc) is 2.83. The van der Waals surface area contributed by atoms with Crippen molar-refractivity contribution in [1.82, 2.24) is 19.9 Å². The lowest BCUT2D eigenvalue weighted by atomic mass is 10.3. The van der Waals surface area contributed by atoms with Crippen molar-refractivity contribution in [2.45, 2.75) is 0 Å². The lowest BCUT2D eigenvalue weighted by Crippen LogP contribution is -2.31. The van der Waals surface area contributed by atoms with E-state index < -0.39 is 0 Å². The zero-order valence-corrected chi connectivity index (χ0v) is 17.5. The van der Waals surface area contributed by atoms with Crippen LogP contribution in [0.5, 0.6) is 0 Å². The fourth-order valence-corrected chi connectivity index (χ4v) is 2.80. The SMILES string of the molecule is C(=NCCN(CCN=Cc1cccnc1)CCN=Cc1cccnc1)c1cccnc1. The summed E-state index contributed by atoms with van der Waals surface area (Å²) in [5.74, 6) is 0. The van der Waals surface area contributed by atoms with E-state index in [9.17, 15) is 0 Å². The Labute approximate surface area is 183 Å². The third kappa shape index (κ3) is 9.18. The number of hydrogen-bond donors (Lipinski definition) is 0. The van der Waals surface area contributed by atoms with Crippen molar-refractivity contribution in [2.24, 2.45) is 15.0 Å². The second-order valence-electron chi connectivity index (χ2n) is 6.81. The van der Waals surface area contributed by atoms with Gasteiger partial charge in [-0.2, -0.15) is 0 Å². The van der Waals surface area contributed by atoms with Gasteiger partial charge in [-0.25, -0.2) is 0 Å². The smallest absolute Gasteiger partial charge is 0.0517 e. The molecule has 0 spiro atoms. The van der Waals surface area contributed by atoms with Crippen molar-refractivity contribution in [2.75, 3.05) is 39.3 Å². The van der Waals surface area contributed by atoms with Gasteiger partial charge in [-0.05, 0) is 18.2 Å². The summed E-state index contributed by atoms with van der Waals surface area (Å²) in [6, 6.07) is 11.7. The normalized spacial score (nSPS) is 11.9. The fraction of sp³-hybridized carbons (Fsp3) is 0.250. The maximum absolute atomic E-state index is 4.53. The van der Waals surface area contributed by atoms with E-state index in [1.165, 1.54) is 0 Å². The van der Waals surface area contributed by atoms with Gasteiger partial charge < -0.3 is 0 Å². The molecule has 0 aliphatic rings. The van der Waals surface area contributed by atoms with Crippen LogP contribution < -0.4 is 0 Å². The first kappa shape index (κ1) is 22.1. The zero-order valence-electron chi connectivity index (χ0n) is 17.5. The van der Waals surface area contributed by atoms with Crippen LogP contribution in [0.15, 0.2) is 88.6 Å². The molecule has 0 unspecified atom stereocenters. The molecule has 0 saturated heterocycles. The van der Waals surface area contributed by atoms with Crippen LogP contribution in [0.1, 0.15) is 16.7 Å². The molecule has 0 aliphatic carbocycles. The van der Waals surface area contributed by atoms with Gasteiger partial charge >= 0.3 is 0 Å². The first-order valence-electron chi connectivity index (χ1n) is 10.3. The molecule has 158 valence electrons. The summed E-state index contributed by atoms with van der Waals surface area (Å²) in [6.07, 6.45) is 16.3. The Morgan fingerprint density at radius 1 is 0.581 bits per heavy atom. The van der Waals surface area contributed by atoms with Crippen LogP contribution in [-0.4, -0.2) is 77.8 Å². The molecule has 3 heterocycles. The Balaban J connectivity index is 1.47. The van der Waals surface area contributed by atoms with E-state index in [4.69, 9.17) is 0 Å². The Kier molecular flexibility index (Phi) is 9.71. The van der Waals surface area contributed by atoms with Crippen molar-refractivity contribution in [3.63, 3.8) is 0 Å². The van der Waals surface area contributed by atoms with Crippen molar-refractivity contribution >= 4 is 18.6 Å². The van der Waals surface area contributed by atoms with E-state index in [0.717, 1.165) is 36.3 Å². The van der Waals surface area contributed by atoms with Gasteiger partial charge in [-0.3, -0.25) is 34.8 Å². The summed E-state index contributed by atoms with van der Waals surface area (Å²) in [6.45, 7) is 4.69. The third-order valence-electron chi connectivity index (χ3n) is 4.41. The first-order chi connectivity index (χ1) is 15.4. The fourth-order valence-electron chi connectivity index (χ4n) is 2.80. The second-order valence-corrected chi connectivity index (χ2v) is 6.81. The lowest BCUT2D eigenvalue weighted by molar-refractivity contribution is 0.298. The number of aliphatic imine (C=N–C) groups is 3. The maximum atomic E-state index is 4.53. The summed E-state index contributed by atoms with van der Waals surface area (Å²) < 4.78 is 0. The molecule has 0 aliphatic heterocycles. The van der Waals surface area contributed by atoms with E-state index in [2.05, 4.69) is 34.8 Å². The van der Waals surface area contributed by atoms with Crippen molar-refractivity contribution in [1.29, 1.82) is 0 Å². The zero-order chi connectivity index (χ0) is 21.4. The van der Waals surface area contributed by atoms with Crippen LogP contribution in [0.2, 0.25) is 0 Å². The minimum atomic E-state index is 0.716. The molecule has 31 heavy (non-hydrogen) atoms. The number of aromatic nitrogens is 3. The molecule has 0 amide bonds. The molecule has 0 radical (unpaired) electrons. The molecule has 0 N–H and O–H groups in total. The molecule has 0 aromatic carbocycles. The van der Waals surface area contributed by atoms with E-state index in [-0.39, 0.29) is 0 Å². The van der Waals surface area contributed by atoms with Crippen LogP contribution in [-0.2, 0) is 0 Å². The third-order valence-corrected chi connectivity index (χ3v) is 4.41. The van der Waals surface area contributed by atoms with Gasteiger partial charge in [-0.15, -0.1) is 0 Å². The highest BCUT2D eigenvalue weighted by atomic mass is 15.1. The summed E-state index contributed by atoms with van der Waals surface area (Å²) in [7, 11) is 0. The highest BCUT2D eigenvalue weighted by Gasteiger charge is 2.03. The maximum Gasteiger partial charge on any atom is 0.0517 e. The number of nitrogens with zero attached hydrogens (tertiary/aromatic N) is 7. The standard InChI is InChI=1S/C24H27N7/c1-4-22(16-25-7-1)19-28-10-13-31(14-11-29-20-23-5-2-8-26-17-23)15-12-30-21-24-6-3-9-27-18-24/h1-9,16-21H,10-15H2. The van der Waals surface area contributed by atoms with E-state index in [1.54, 1.807) is 18.6 Å². The van der Waals surface area contributed by atoms with E-state index >= 15 is 0 Å². The first-order valence-corrected chi connectivity index (χ1v) is 10.3. The van der Waals surface area contributed by atoms with Gasteiger partial charge in [0.2, 0.25) is 0 Å². The molecule has 0 fully saturated rings. The Hall–Kier alpha value is -3.58. The largest absolute Gasteiger partial charge is 0.298 e. The monoisotopic (exact) mass is 413 g/mol. The van der Waals surface area contributed by atoms with Gasteiger partial charge in [0.15, 0.2) is 0 Å². The Morgan fingerprint density at radius 3 is 1.23 bits per heavy atom. The van der Waals surface area contributed by atoms with Gasteiger partial charge in [-0.1, -0.05) is 18.2 Å². The molecule has 0 bridgehead atoms. The summed E-state index contributed by atoms with van der Waals surface area (Å²) in [5, 5.41) is 0. The van der Waals surface area contributed by atoms with E-state index in [1.807, 2.05) is 73.6 Å². The van der Waals surface area contributed by atoms with Gasteiger partial charge in [0.1, 0.15) is 0 Å². The van der Waals surface area contributed by atoms with Crippen LogP contribution in [0.3, 0.4) is 0 Å². The molecular weight excluding hydrogens is 386 g/mol. The lowest BCUT2D eigenvalue weighted by Gasteiger charge is -2.19. The predicted octanol–water partition coefficient (Wildman–Crippen LogP) is 2.83. The Morgan fingerprint density at radius 2 is 0.935 bits per heavy atom. The Bertz CT molecular complexity index is 814. The van der Waals surface area contributed by atoms with Crippen molar-refractivity contribution in [3.05, 3.63) is 90.3 Å². The van der Waals surface area contributed by atoms with Gasteiger partial charge in [0.25, 0.3) is 0 Å². The summed E-state index contributed by atoms with van der Waals surface area (Å²) in [5.41, 5.74) is 3.03. The van der Waals surface area contributed by atoms with Crippen molar-refractivity contribution in [3.8, 4) is 0 Å². The highest BCUT2D eigenvalue weighted by Crippen LogP contribution is 1.96. The minimum absolute atomic E-state index is 0.716.